The Morgan fingerprint density at radius 2 is 2.32 bits per heavy atom. The number of rotatable bonds is 6. The zero-order valence-electron chi connectivity index (χ0n) is 13.2. The van der Waals surface area contributed by atoms with Crippen molar-refractivity contribution in [2.75, 3.05) is 18.2 Å². The molecule has 2 atom stereocenters. The van der Waals surface area contributed by atoms with Crippen molar-refractivity contribution >= 4 is 56.8 Å². The van der Waals surface area contributed by atoms with E-state index in [2.05, 4.69) is 21.2 Å². The van der Waals surface area contributed by atoms with Gasteiger partial charge in [-0.3, -0.25) is 14.5 Å². The Morgan fingerprint density at radius 3 is 2.88 bits per heavy atom. The highest BCUT2D eigenvalue weighted by Crippen LogP contribution is 2.46. The highest BCUT2D eigenvalue weighted by atomic mass is 79.9. The quantitative estimate of drug-likeness (QED) is 0.389. The van der Waals surface area contributed by atoms with Gasteiger partial charge in [0, 0.05) is 23.1 Å². The number of thiophene rings is 1. The standard InChI is InChI=1S/C15H15BrN2O5S2/c1-23-15(17-10(19)5-9-3-2-4-24-9)13(22)18-11(12(20)21)8(6-16)7-25-14(15)18/h2-4,14H,5-7H2,1H3,(H,17,19)(H,20,21)/t14-,15?/m0/s1. The maximum atomic E-state index is 12.7. The second-order valence-electron chi connectivity index (χ2n) is 5.47. The fraction of sp³-hybridized carbons (Fsp3) is 0.400. The van der Waals surface area contributed by atoms with Crippen LogP contribution < -0.4 is 5.32 Å². The highest BCUT2D eigenvalue weighted by molar-refractivity contribution is 9.09. The van der Waals surface area contributed by atoms with Gasteiger partial charge in [-0.15, -0.1) is 23.1 Å². The lowest BCUT2D eigenvalue weighted by Crippen LogP contribution is -2.80. The normalized spacial score (nSPS) is 25.4. The van der Waals surface area contributed by atoms with Crippen molar-refractivity contribution in [2.24, 2.45) is 0 Å². The maximum absolute atomic E-state index is 12.7. The second-order valence-corrected chi connectivity index (χ2v) is 8.14. The molecule has 0 saturated carbocycles. The van der Waals surface area contributed by atoms with E-state index in [1.54, 1.807) is 0 Å². The zero-order chi connectivity index (χ0) is 18.2. The van der Waals surface area contributed by atoms with Crippen LogP contribution in [0.25, 0.3) is 0 Å². The topological polar surface area (TPSA) is 95.9 Å². The minimum absolute atomic E-state index is 0.0363. The van der Waals surface area contributed by atoms with Crippen LogP contribution in [0.1, 0.15) is 4.88 Å². The molecule has 25 heavy (non-hydrogen) atoms. The SMILES string of the molecule is COC1(NC(=O)Cc2cccs2)C(=O)N2C(C(=O)O)=C(CBr)CS[C@H]21. The number of aliphatic carboxylic acids is 1. The van der Waals surface area contributed by atoms with Gasteiger partial charge in [-0.25, -0.2) is 4.79 Å². The Bertz CT molecular complexity index is 751. The lowest BCUT2D eigenvalue weighted by Gasteiger charge is -2.55. The molecule has 1 unspecified atom stereocenters. The van der Waals surface area contributed by atoms with Crippen molar-refractivity contribution in [2.45, 2.75) is 17.5 Å². The molecule has 1 fully saturated rings. The fourth-order valence-electron chi connectivity index (χ4n) is 2.87. The van der Waals surface area contributed by atoms with E-state index in [-0.39, 0.29) is 18.0 Å². The third-order valence-corrected chi connectivity index (χ3v) is 6.96. The number of hydrogen-bond donors (Lipinski definition) is 2. The molecule has 2 amide bonds. The van der Waals surface area contributed by atoms with Gasteiger partial charge in [0.05, 0.1) is 6.42 Å². The van der Waals surface area contributed by atoms with E-state index in [0.29, 0.717) is 16.7 Å². The summed E-state index contributed by atoms with van der Waals surface area (Å²) in [5.74, 6) is -1.64. The minimum atomic E-state index is -1.53. The van der Waals surface area contributed by atoms with Crippen LogP contribution in [0, 0.1) is 0 Å². The summed E-state index contributed by atoms with van der Waals surface area (Å²) < 4.78 is 5.37. The van der Waals surface area contributed by atoms with Gasteiger partial charge in [-0.1, -0.05) is 22.0 Å². The zero-order valence-corrected chi connectivity index (χ0v) is 16.4. The van der Waals surface area contributed by atoms with E-state index >= 15 is 0 Å². The molecule has 2 aliphatic rings. The number of thioether (sulfide) groups is 1. The first kappa shape index (κ1) is 18.4. The van der Waals surface area contributed by atoms with Crippen LogP contribution in [-0.4, -0.2) is 57.1 Å². The van der Waals surface area contributed by atoms with E-state index in [4.69, 9.17) is 4.74 Å². The molecule has 0 radical (unpaired) electrons. The summed E-state index contributed by atoms with van der Waals surface area (Å²) in [6.45, 7) is 0. The number of β-lactam (4-membered cyclic amide) rings is 1. The molecule has 134 valence electrons. The van der Waals surface area contributed by atoms with Crippen molar-refractivity contribution in [3.05, 3.63) is 33.7 Å². The van der Waals surface area contributed by atoms with Gasteiger partial charge in [-0.05, 0) is 17.0 Å². The Balaban J connectivity index is 1.82. The smallest absolute Gasteiger partial charge is 0.352 e. The summed E-state index contributed by atoms with van der Waals surface area (Å²) in [6.07, 6.45) is 0.141. The average molecular weight is 447 g/mol. The molecule has 0 spiro atoms. The number of nitrogens with one attached hydrogen (secondary N) is 1. The van der Waals surface area contributed by atoms with Crippen molar-refractivity contribution in [1.82, 2.24) is 10.2 Å². The fourth-order valence-corrected chi connectivity index (χ4v) is 5.74. The number of methoxy groups -OCH3 is 1. The number of carboxylic acid groups (broad SMARTS) is 1. The average Bonchev–Trinajstić information content (AvgIpc) is 3.10. The molecular formula is C15H15BrN2O5S2. The number of halogens is 1. The molecule has 0 aromatic carbocycles. The number of hydrogen-bond acceptors (Lipinski definition) is 6. The molecule has 1 aromatic heterocycles. The van der Waals surface area contributed by atoms with Crippen LogP contribution >= 0.6 is 39.0 Å². The minimum Gasteiger partial charge on any atom is -0.477 e. The van der Waals surface area contributed by atoms with E-state index in [0.717, 1.165) is 4.88 Å². The third-order valence-electron chi connectivity index (χ3n) is 4.04. The van der Waals surface area contributed by atoms with Crippen LogP contribution in [0.3, 0.4) is 0 Å². The van der Waals surface area contributed by atoms with E-state index in [1.165, 1.54) is 35.1 Å². The summed E-state index contributed by atoms with van der Waals surface area (Å²) >= 11 is 6.08. The molecule has 3 heterocycles. The Kier molecular flexibility index (Phi) is 5.24. The largest absolute Gasteiger partial charge is 0.477 e. The molecule has 1 saturated heterocycles. The van der Waals surface area contributed by atoms with Gasteiger partial charge in [0.15, 0.2) is 0 Å². The monoisotopic (exact) mass is 446 g/mol. The maximum Gasteiger partial charge on any atom is 0.352 e. The summed E-state index contributed by atoms with van der Waals surface area (Å²) in [4.78, 5) is 38.7. The van der Waals surface area contributed by atoms with E-state index in [1.807, 2.05) is 17.5 Å². The van der Waals surface area contributed by atoms with E-state index in [9.17, 15) is 19.5 Å². The molecule has 2 aliphatic heterocycles. The van der Waals surface area contributed by atoms with Crippen molar-refractivity contribution in [3.63, 3.8) is 0 Å². The number of nitrogens with zero attached hydrogens (tertiary/aromatic N) is 1. The third kappa shape index (κ3) is 3.01. The summed E-state index contributed by atoms with van der Waals surface area (Å²) in [5.41, 5.74) is -0.945. The van der Waals surface area contributed by atoms with Gasteiger partial charge in [-0.2, -0.15) is 0 Å². The van der Waals surface area contributed by atoms with Gasteiger partial charge in [0.25, 0.3) is 11.6 Å². The predicted molar refractivity (Wildman–Crippen MR) is 97.5 cm³/mol. The number of fused-ring (bicyclic) bond motifs is 1. The number of carbonyl (C=O) groups is 3. The summed E-state index contributed by atoms with van der Waals surface area (Å²) in [7, 11) is 1.34. The highest BCUT2D eigenvalue weighted by Gasteiger charge is 2.66. The lowest BCUT2D eigenvalue weighted by atomic mass is 9.98. The Labute approximate surface area is 160 Å². The molecule has 0 aliphatic carbocycles. The second kappa shape index (κ2) is 7.10. The van der Waals surface area contributed by atoms with Crippen LogP contribution in [-0.2, 0) is 25.5 Å². The first-order chi connectivity index (χ1) is 11.9. The van der Waals surface area contributed by atoms with Gasteiger partial charge in [0.2, 0.25) is 5.91 Å². The number of amides is 2. The molecular weight excluding hydrogens is 432 g/mol. The Hall–Kier alpha value is -1.36. The molecule has 1 aromatic rings. The van der Waals surface area contributed by atoms with Gasteiger partial charge < -0.3 is 15.2 Å². The van der Waals surface area contributed by atoms with Crippen molar-refractivity contribution in [1.29, 1.82) is 0 Å². The van der Waals surface area contributed by atoms with Gasteiger partial charge >= 0.3 is 5.97 Å². The molecule has 7 nitrogen and oxygen atoms in total. The first-order valence-electron chi connectivity index (χ1n) is 7.29. The van der Waals surface area contributed by atoms with Crippen molar-refractivity contribution in [3.8, 4) is 0 Å². The molecule has 0 bridgehead atoms. The number of alkyl halides is 1. The Morgan fingerprint density at radius 1 is 1.56 bits per heavy atom. The van der Waals surface area contributed by atoms with Crippen LogP contribution in [0.5, 0.6) is 0 Å². The van der Waals surface area contributed by atoms with Crippen LogP contribution in [0.15, 0.2) is 28.8 Å². The lowest BCUT2D eigenvalue weighted by molar-refractivity contribution is -0.192. The van der Waals surface area contributed by atoms with Crippen molar-refractivity contribution < 1.29 is 24.2 Å². The molecule has 2 N–H and O–H groups in total. The number of carboxylic acids is 1. The first-order valence-corrected chi connectivity index (χ1v) is 10.3. The number of ether oxygens (including phenoxy) is 1. The van der Waals surface area contributed by atoms with Crippen LogP contribution in [0.2, 0.25) is 0 Å². The molecule has 10 heteroatoms. The number of carbonyl (C=O) groups excluding carboxylic acids is 2. The summed E-state index contributed by atoms with van der Waals surface area (Å²) in [6, 6.07) is 3.68. The van der Waals surface area contributed by atoms with Crippen LogP contribution in [0.4, 0.5) is 0 Å². The summed E-state index contributed by atoms with van der Waals surface area (Å²) in [5, 5.41) is 13.8. The molecule has 3 rings (SSSR count). The van der Waals surface area contributed by atoms with E-state index < -0.39 is 23.0 Å². The van der Waals surface area contributed by atoms with Gasteiger partial charge in [0.1, 0.15) is 11.1 Å². The predicted octanol–water partition coefficient (Wildman–Crippen LogP) is 1.40.